The highest BCUT2D eigenvalue weighted by molar-refractivity contribution is 5.93. The van der Waals surface area contributed by atoms with Crippen molar-refractivity contribution in [3.05, 3.63) is 71.8 Å². The van der Waals surface area contributed by atoms with E-state index in [1.807, 2.05) is 19.1 Å². The number of hydrogen-bond donors (Lipinski definition) is 0. The second-order valence-corrected chi connectivity index (χ2v) is 5.26. The van der Waals surface area contributed by atoms with Crippen LogP contribution >= 0.6 is 0 Å². The molecule has 118 valence electrons. The molecule has 2 aromatic rings. The van der Waals surface area contributed by atoms with Crippen molar-refractivity contribution < 1.29 is 19.2 Å². The highest BCUT2D eigenvalue weighted by Crippen LogP contribution is 2.38. The summed E-state index contributed by atoms with van der Waals surface area (Å²) in [6, 6.07) is 18.0. The molecule has 1 saturated heterocycles. The first kappa shape index (κ1) is 15.1. The van der Waals surface area contributed by atoms with E-state index >= 15 is 0 Å². The van der Waals surface area contributed by atoms with Gasteiger partial charge in [-0.15, -0.1) is 0 Å². The summed E-state index contributed by atoms with van der Waals surface area (Å²) in [5.74, 6) is -0.406. The molecule has 0 aromatic heterocycles. The lowest BCUT2D eigenvalue weighted by atomic mass is 9.84. The van der Waals surface area contributed by atoms with E-state index < -0.39 is 17.7 Å². The van der Waals surface area contributed by atoms with Crippen molar-refractivity contribution in [2.75, 3.05) is 6.54 Å². The van der Waals surface area contributed by atoms with E-state index in [9.17, 15) is 9.59 Å². The molecule has 0 aliphatic carbocycles. The zero-order chi connectivity index (χ0) is 16.3. The van der Waals surface area contributed by atoms with Gasteiger partial charge in [0.1, 0.15) is 0 Å². The van der Waals surface area contributed by atoms with Crippen LogP contribution in [0.3, 0.4) is 0 Å². The third kappa shape index (κ3) is 2.54. The molecule has 0 saturated carbocycles. The molecular weight excluding hydrogens is 294 g/mol. The lowest BCUT2D eigenvalue weighted by molar-refractivity contribution is -0.216. The van der Waals surface area contributed by atoms with E-state index in [1.54, 1.807) is 48.5 Å². The lowest BCUT2D eigenvalue weighted by Crippen LogP contribution is -2.56. The minimum Gasteiger partial charge on any atom is -0.406 e. The Morgan fingerprint density at radius 2 is 1.43 bits per heavy atom. The predicted octanol–water partition coefficient (Wildman–Crippen LogP) is 3.25. The molecule has 0 bridgehead atoms. The van der Waals surface area contributed by atoms with E-state index in [2.05, 4.69) is 0 Å². The Hall–Kier alpha value is -2.82. The third-order valence-corrected chi connectivity index (χ3v) is 3.74. The summed E-state index contributed by atoms with van der Waals surface area (Å²) < 4.78 is 5.48. The first-order valence-corrected chi connectivity index (χ1v) is 7.52. The Kier molecular flexibility index (Phi) is 4.02. The molecule has 5 heteroatoms. The van der Waals surface area contributed by atoms with Crippen LogP contribution in [0.2, 0.25) is 0 Å². The maximum Gasteiger partial charge on any atom is 0.535 e. The number of rotatable bonds is 4. The second-order valence-electron chi connectivity index (χ2n) is 5.26. The SMILES string of the molecule is CCCN1OC(=O)OC(c2ccccc2)(c2ccccc2)C1=O. The van der Waals surface area contributed by atoms with Crippen molar-refractivity contribution in [2.24, 2.45) is 0 Å². The van der Waals surface area contributed by atoms with Crippen LogP contribution < -0.4 is 0 Å². The first-order valence-electron chi connectivity index (χ1n) is 7.52. The number of carbonyl (C=O) groups excluding carboxylic acids is 2. The molecule has 1 aliphatic rings. The molecule has 23 heavy (non-hydrogen) atoms. The molecule has 1 heterocycles. The molecule has 1 fully saturated rings. The van der Waals surface area contributed by atoms with Gasteiger partial charge in [-0.25, -0.2) is 4.79 Å². The molecule has 0 spiro atoms. The van der Waals surface area contributed by atoms with Crippen LogP contribution in [-0.4, -0.2) is 23.7 Å². The molecule has 3 rings (SSSR count). The summed E-state index contributed by atoms with van der Waals surface area (Å²) in [6.45, 7) is 2.22. The van der Waals surface area contributed by atoms with Crippen molar-refractivity contribution in [1.29, 1.82) is 0 Å². The molecule has 0 unspecified atom stereocenters. The Balaban J connectivity index is 2.19. The van der Waals surface area contributed by atoms with Crippen LogP contribution in [0.25, 0.3) is 0 Å². The molecule has 0 N–H and O–H groups in total. The van der Waals surface area contributed by atoms with Gasteiger partial charge in [-0.1, -0.05) is 67.6 Å². The van der Waals surface area contributed by atoms with Crippen molar-refractivity contribution in [3.8, 4) is 0 Å². The first-order chi connectivity index (χ1) is 11.2. The number of cyclic esters (lactones) is 1. The zero-order valence-electron chi connectivity index (χ0n) is 12.8. The summed E-state index contributed by atoms with van der Waals surface area (Å²) in [4.78, 5) is 30.1. The molecular formula is C18H17NO4. The number of nitrogens with zero attached hydrogens (tertiary/aromatic N) is 1. The summed E-state index contributed by atoms with van der Waals surface area (Å²) in [7, 11) is 0. The van der Waals surface area contributed by atoms with Crippen molar-refractivity contribution in [3.63, 3.8) is 0 Å². The van der Waals surface area contributed by atoms with E-state index in [4.69, 9.17) is 9.57 Å². The van der Waals surface area contributed by atoms with Crippen LogP contribution in [0.4, 0.5) is 4.79 Å². The molecule has 1 aliphatic heterocycles. The number of ether oxygens (including phenoxy) is 1. The summed E-state index contributed by atoms with van der Waals surface area (Å²) in [6.07, 6.45) is -0.218. The van der Waals surface area contributed by atoms with Gasteiger partial charge in [-0.3, -0.25) is 4.79 Å². The average Bonchev–Trinajstić information content (AvgIpc) is 2.59. The van der Waals surface area contributed by atoms with Crippen LogP contribution in [0.15, 0.2) is 60.7 Å². The molecule has 2 aromatic carbocycles. The minimum absolute atomic E-state index is 0.315. The molecule has 5 nitrogen and oxygen atoms in total. The van der Waals surface area contributed by atoms with Crippen LogP contribution in [0.5, 0.6) is 0 Å². The Bertz CT molecular complexity index is 660. The Labute approximate surface area is 134 Å². The van der Waals surface area contributed by atoms with Crippen molar-refractivity contribution in [2.45, 2.75) is 18.9 Å². The summed E-state index contributed by atoms with van der Waals surface area (Å²) >= 11 is 0. The van der Waals surface area contributed by atoms with Gasteiger partial charge in [0.05, 0.1) is 6.54 Å². The fourth-order valence-electron chi connectivity index (χ4n) is 2.72. The number of benzene rings is 2. The standard InChI is InChI=1S/C18H17NO4/c1-2-13-19-16(20)18(22-17(21)23-19,14-9-5-3-6-10-14)15-11-7-4-8-12-15/h3-12H,2,13H2,1H3. The molecule has 0 radical (unpaired) electrons. The predicted molar refractivity (Wildman–Crippen MR) is 83.2 cm³/mol. The minimum atomic E-state index is -1.52. The average molecular weight is 311 g/mol. The normalized spacial score (nSPS) is 16.7. The van der Waals surface area contributed by atoms with E-state index in [0.717, 1.165) is 5.06 Å². The van der Waals surface area contributed by atoms with E-state index in [-0.39, 0.29) is 0 Å². The highest BCUT2D eigenvalue weighted by atomic mass is 16.8. The second kappa shape index (κ2) is 6.12. The largest absolute Gasteiger partial charge is 0.535 e. The van der Waals surface area contributed by atoms with Gasteiger partial charge in [-0.05, 0) is 6.42 Å². The van der Waals surface area contributed by atoms with E-state index in [0.29, 0.717) is 24.1 Å². The topological polar surface area (TPSA) is 55.8 Å². The van der Waals surface area contributed by atoms with Gasteiger partial charge in [0.15, 0.2) is 0 Å². The number of amides is 1. The van der Waals surface area contributed by atoms with Gasteiger partial charge >= 0.3 is 12.1 Å². The van der Waals surface area contributed by atoms with Gasteiger partial charge in [-0.2, -0.15) is 5.06 Å². The van der Waals surface area contributed by atoms with Crippen LogP contribution in [-0.2, 0) is 20.0 Å². The van der Waals surface area contributed by atoms with Crippen LogP contribution in [0.1, 0.15) is 24.5 Å². The zero-order valence-corrected chi connectivity index (χ0v) is 12.8. The fourth-order valence-corrected chi connectivity index (χ4v) is 2.72. The summed E-state index contributed by atoms with van der Waals surface area (Å²) in [5.41, 5.74) is -0.338. The highest BCUT2D eigenvalue weighted by Gasteiger charge is 2.53. The van der Waals surface area contributed by atoms with Gasteiger partial charge in [0.25, 0.3) is 0 Å². The molecule has 1 amide bonds. The number of hydrogen-bond acceptors (Lipinski definition) is 4. The fraction of sp³-hybridized carbons (Fsp3) is 0.222. The lowest BCUT2D eigenvalue weighted by Gasteiger charge is -2.39. The van der Waals surface area contributed by atoms with Gasteiger partial charge in [0, 0.05) is 11.1 Å². The maximum absolute atomic E-state index is 13.1. The molecule has 0 atom stereocenters. The number of hydroxylamine groups is 2. The maximum atomic E-state index is 13.1. The smallest absolute Gasteiger partial charge is 0.406 e. The van der Waals surface area contributed by atoms with E-state index in [1.165, 1.54) is 0 Å². The summed E-state index contributed by atoms with van der Waals surface area (Å²) in [5, 5.41) is 1.09. The van der Waals surface area contributed by atoms with Gasteiger partial charge < -0.3 is 9.57 Å². The Morgan fingerprint density at radius 1 is 0.913 bits per heavy atom. The monoisotopic (exact) mass is 311 g/mol. The van der Waals surface area contributed by atoms with Crippen molar-refractivity contribution >= 4 is 12.1 Å². The van der Waals surface area contributed by atoms with Gasteiger partial charge in [0.2, 0.25) is 5.60 Å². The quantitative estimate of drug-likeness (QED) is 0.813. The third-order valence-electron chi connectivity index (χ3n) is 3.74. The van der Waals surface area contributed by atoms with Crippen LogP contribution in [0, 0.1) is 0 Å². The Morgan fingerprint density at radius 3 is 1.91 bits per heavy atom. The number of carbonyl (C=O) groups is 2. The van der Waals surface area contributed by atoms with Crippen molar-refractivity contribution in [1.82, 2.24) is 5.06 Å².